The van der Waals surface area contributed by atoms with Crippen LogP contribution in [0.15, 0.2) is 40.4 Å². The standard InChI is InChI=1S/C15H18N2O4S/c1-4-21-14(18)12-9(2)16-15(19)17-13(12)10-5-7-11(8-6-10)22(3)20/h5-8,13H,4H2,1-3H3,(H2,16,17,19). The number of benzene rings is 1. The number of hydrogen-bond donors (Lipinski definition) is 2. The van der Waals surface area contributed by atoms with Crippen molar-refractivity contribution >= 4 is 22.8 Å². The topological polar surface area (TPSA) is 84.5 Å². The summed E-state index contributed by atoms with van der Waals surface area (Å²) in [5.74, 6) is -0.472. The zero-order valence-corrected chi connectivity index (χ0v) is 13.5. The fourth-order valence-electron chi connectivity index (χ4n) is 2.28. The molecule has 2 atom stereocenters. The number of allylic oxidation sites excluding steroid dienone is 1. The molecule has 1 aliphatic rings. The van der Waals surface area contributed by atoms with Crippen LogP contribution in [0.2, 0.25) is 0 Å². The van der Waals surface area contributed by atoms with Crippen LogP contribution in [0, 0.1) is 0 Å². The maximum atomic E-state index is 12.2. The highest BCUT2D eigenvalue weighted by Gasteiger charge is 2.31. The van der Waals surface area contributed by atoms with E-state index in [2.05, 4.69) is 10.6 Å². The zero-order valence-electron chi connectivity index (χ0n) is 12.6. The molecular formula is C15H18N2O4S. The molecule has 22 heavy (non-hydrogen) atoms. The van der Waals surface area contributed by atoms with Gasteiger partial charge in [-0.2, -0.15) is 0 Å². The van der Waals surface area contributed by atoms with Crippen LogP contribution >= 0.6 is 0 Å². The highest BCUT2D eigenvalue weighted by Crippen LogP contribution is 2.28. The van der Waals surface area contributed by atoms with E-state index in [1.807, 2.05) is 0 Å². The summed E-state index contributed by atoms with van der Waals surface area (Å²) in [4.78, 5) is 24.5. The monoisotopic (exact) mass is 322 g/mol. The summed E-state index contributed by atoms with van der Waals surface area (Å²) >= 11 is 0. The van der Waals surface area contributed by atoms with E-state index in [4.69, 9.17) is 4.74 Å². The number of esters is 1. The third-order valence-electron chi connectivity index (χ3n) is 3.31. The lowest BCUT2D eigenvalue weighted by molar-refractivity contribution is -0.139. The Bertz CT molecular complexity index is 652. The third kappa shape index (κ3) is 3.36. The van der Waals surface area contributed by atoms with E-state index in [-0.39, 0.29) is 12.6 Å². The van der Waals surface area contributed by atoms with Crippen molar-refractivity contribution in [2.45, 2.75) is 24.8 Å². The maximum absolute atomic E-state index is 12.2. The van der Waals surface area contributed by atoms with Gasteiger partial charge < -0.3 is 15.4 Å². The SMILES string of the molecule is CCOC(=O)C1=C(C)NC(=O)NC1c1ccc(S(C)=O)cc1. The summed E-state index contributed by atoms with van der Waals surface area (Å²) in [6, 6.07) is 5.97. The van der Waals surface area contributed by atoms with Crippen LogP contribution < -0.4 is 10.6 Å². The fraction of sp³-hybridized carbons (Fsp3) is 0.333. The lowest BCUT2D eigenvalue weighted by Crippen LogP contribution is -2.45. The normalized spacial score (nSPS) is 19.2. The van der Waals surface area contributed by atoms with Gasteiger partial charge in [0, 0.05) is 27.6 Å². The molecule has 0 fully saturated rings. The van der Waals surface area contributed by atoms with E-state index >= 15 is 0 Å². The summed E-state index contributed by atoms with van der Waals surface area (Å²) < 4.78 is 16.5. The van der Waals surface area contributed by atoms with Gasteiger partial charge in [0.15, 0.2) is 0 Å². The van der Waals surface area contributed by atoms with Crippen molar-refractivity contribution in [3.8, 4) is 0 Å². The van der Waals surface area contributed by atoms with Gasteiger partial charge in [-0.15, -0.1) is 0 Å². The lowest BCUT2D eigenvalue weighted by atomic mass is 9.96. The third-order valence-corrected chi connectivity index (χ3v) is 4.25. The summed E-state index contributed by atoms with van der Waals surface area (Å²) in [6.07, 6.45) is 1.59. The number of urea groups is 1. The summed E-state index contributed by atoms with van der Waals surface area (Å²) in [5.41, 5.74) is 1.56. The smallest absolute Gasteiger partial charge is 0.338 e. The predicted molar refractivity (Wildman–Crippen MR) is 82.5 cm³/mol. The maximum Gasteiger partial charge on any atom is 0.338 e. The van der Waals surface area contributed by atoms with Gasteiger partial charge in [0.25, 0.3) is 0 Å². The van der Waals surface area contributed by atoms with E-state index in [9.17, 15) is 13.8 Å². The Morgan fingerprint density at radius 2 is 1.95 bits per heavy atom. The highest BCUT2D eigenvalue weighted by atomic mass is 32.2. The van der Waals surface area contributed by atoms with Crippen LogP contribution in [0.1, 0.15) is 25.5 Å². The molecule has 7 heteroatoms. The average molecular weight is 322 g/mol. The van der Waals surface area contributed by atoms with E-state index < -0.39 is 22.8 Å². The summed E-state index contributed by atoms with van der Waals surface area (Å²) in [6.45, 7) is 3.64. The van der Waals surface area contributed by atoms with Crippen molar-refractivity contribution in [2.75, 3.05) is 12.9 Å². The van der Waals surface area contributed by atoms with Crippen molar-refractivity contribution in [3.63, 3.8) is 0 Å². The quantitative estimate of drug-likeness (QED) is 0.825. The molecule has 1 aromatic carbocycles. The van der Waals surface area contributed by atoms with Crippen molar-refractivity contribution in [1.82, 2.24) is 10.6 Å². The van der Waals surface area contributed by atoms with Gasteiger partial charge in [0.1, 0.15) is 0 Å². The van der Waals surface area contributed by atoms with Gasteiger partial charge in [0.2, 0.25) is 0 Å². The number of amides is 2. The van der Waals surface area contributed by atoms with Gasteiger partial charge in [-0.05, 0) is 31.5 Å². The van der Waals surface area contributed by atoms with E-state index in [1.165, 1.54) is 0 Å². The first kappa shape index (κ1) is 16.2. The second kappa shape index (κ2) is 6.74. The van der Waals surface area contributed by atoms with Crippen LogP contribution in [0.3, 0.4) is 0 Å². The van der Waals surface area contributed by atoms with Crippen molar-refractivity contribution in [3.05, 3.63) is 41.1 Å². The Balaban J connectivity index is 2.40. The molecule has 2 amide bonds. The molecule has 2 rings (SSSR count). The molecule has 1 aliphatic heterocycles. The van der Waals surface area contributed by atoms with Gasteiger partial charge >= 0.3 is 12.0 Å². The number of hydrogen-bond acceptors (Lipinski definition) is 4. The number of ether oxygens (including phenoxy) is 1. The van der Waals surface area contributed by atoms with Gasteiger partial charge in [0.05, 0.1) is 18.2 Å². The molecule has 0 aromatic heterocycles. The number of carbonyl (C=O) groups is 2. The first-order valence-electron chi connectivity index (χ1n) is 6.82. The van der Waals surface area contributed by atoms with Gasteiger partial charge in [-0.1, -0.05) is 12.1 Å². The largest absolute Gasteiger partial charge is 0.463 e. The number of rotatable bonds is 4. The van der Waals surface area contributed by atoms with Crippen LogP contribution in [0.25, 0.3) is 0 Å². The minimum Gasteiger partial charge on any atom is -0.463 e. The molecule has 1 heterocycles. The van der Waals surface area contributed by atoms with Crippen molar-refractivity contribution in [1.29, 1.82) is 0 Å². The lowest BCUT2D eigenvalue weighted by Gasteiger charge is -2.28. The molecule has 0 saturated carbocycles. The van der Waals surface area contributed by atoms with Gasteiger partial charge in [-0.25, -0.2) is 9.59 Å². The second-order valence-electron chi connectivity index (χ2n) is 4.81. The number of carbonyl (C=O) groups excluding carboxylic acids is 2. The molecule has 0 radical (unpaired) electrons. The second-order valence-corrected chi connectivity index (χ2v) is 6.19. The predicted octanol–water partition coefficient (Wildman–Crippen LogP) is 1.61. The molecule has 0 saturated heterocycles. The van der Waals surface area contributed by atoms with E-state index in [1.54, 1.807) is 44.4 Å². The first-order chi connectivity index (χ1) is 10.4. The number of nitrogens with one attached hydrogen (secondary N) is 2. The summed E-state index contributed by atoms with van der Waals surface area (Å²) in [7, 11) is -1.08. The first-order valence-corrected chi connectivity index (χ1v) is 8.38. The average Bonchev–Trinajstić information content (AvgIpc) is 2.46. The summed E-state index contributed by atoms with van der Waals surface area (Å²) in [5, 5.41) is 5.29. The molecule has 118 valence electrons. The molecule has 0 spiro atoms. The molecule has 0 bridgehead atoms. The van der Waals surface area contributed by atoms with E-state index in [0.29, 0.717) is 16.2 Å². The van der Waals surface area contributed by atoms with Gasteiger partial charge in [-0.3, -0.25) is 4.21 Å². The molecule has 2 N–H and O–H groups in total. The van der Waals surface area contributed by atoms with Crippen molar-refractivity contribution in [2.24, 2.45) is 0 Å². The van der Waals surface area contributed by atoms with E-state index in [0.717, 1.165) is 5.56 Å². The Morgan fingerprint density at radius 1 is 1.32 bits per heavy atom. The molecule has 0 aliphatic carbocycles. The minimum absolute atomic E-state index is 0.254. The minimum atomic E-state index is -1.08. The van der Waals surface area contributed by atoms with Crippen LogP contribution in [0.5, 0.6) is 0 Å². The Hall–Kier alpha value is -2.15. The molecule has 1 aromatic rings. The Labute approximate surface area is 131 Å². The Morgan fingerprint density at radius 3 is 2.50 bits per heavy atom. The van der Waals surface area contributed by atoms with Crippen LogP contribution in [-0.4, -0.2) is 29.1 Å². The fourth-order valence-corrected chi connectivity index (χ4v) is 2.79. The molecule has 2 unspecified atom stereocenters. The van der Waals surface area contributed by atoms with Crippen molar-refractivity contribution < 1.29 is 18.5 Å². The molecule has 6 nitrogen and oxygen atoms in total. The van der Waals surface area contributed by atoms with Crippen LogP contribution in [-0.2, 0) is 20.3 Å². The van der Waals surface area contributed by atoms with Crippen LogP contribution in [0.4, 0.5) is 4.79 Å². The zero-order chi connectivity index (χ0) is 16.3. The molecular weight excluding hydrogens is 304 g/mol. The Kier molecular flexibility index (Phi) is 4.97. The highest BCUT2D eigenvalue weighted by molar-refractivity contribution is 7.84.